The predicted molar refractivity (Wildman–Crippen MR) is 78.8 cm³/mol. The number of hydrogen-bond acceptors (Lipinski definition) is 6. The van der Waals surface area contributed by atoms with E-state index < -0.39 is 28.1 Å². The van der Waals surface area contributed by atoms with E-state index >= 15 is 0 Å². The van der Waals surface area contributed by atoms with Gasteiger partial charge < -0.3 is 4.84 Å². The summed E-state index contributed by atoms with van der Waals surface area (Å²) in [4.78, 5) is 40.7. The van der Waals surface area contributed by atoms with Crippen LogP contribution in [-0.2, 0) is 14.9 Å². The molecule has 4 amide bonds. The van der Waals surface area contributed by atoms with E-state index in [-0.39, 0.29) is 18.7 Å². The number of amides is 4. The van der Waals surface area contributed by atoms with Crippen molar-refractivity contribution < 1.29 is 27.6 Å². The first-order valence-electron chi connectivity index (χ1n) is 6.57. The van der Waals surface area contributed by atoms with Crippen molar-refractivity contribution in [3.05, 3.63) is 35.4 Å². The second-order valence-electron chi connectivity index (χ2n) is 4.94. The number of hydrogen-bond donors (Lipinski definition) is 1. The minimum absolute atomic E-state index is 0.125. The van der Waals surface area contributed by atoms with Crippen molar-refractivity contribution in [1.29, 1.82) is 0 Å². The molecule has 1 saturated heterocycles. The molecule has 1 aromatic rings. The van der Waals surface area contributed by atoms with Crippen LogP contribution >= 0.6 is 0 Å². The van der Waals surface area contributed by atoms with Crippen LogP contribution < -0.4 is 5.48 Å². The Hall–Kier alpha value is -2.62. The summed E-state index contributed by atoms with van der Waals surface area (Å²) in [5.74, 6) is -0.798. The van der Waals surface area contributed by atoms with Gasteiger partial charge in [0.15, 0.2) is 0 Å². The highest BCUT2D eigenvalue weighted by Crippen LogP contribution is 2.12. The largest absolute Gasteiger partial charge is 0.363 e. The number of nitrogens with zero attached hydrogens (tertiary/aromatic N) is 2. The molecule has 0 bridgehead atoms. The summed E-state index contributed by atoms with van der Waals surface area (Å²) in [7, 11) is -3.74. The van der Waals surface area contributed by atoms with E-state index in [0.29, 0.717) is 9.21 Å². The first kappa shape index (κ1) is 16.7. The molecule has 0 spiro atoms. The van der Waals surface area contributed by atoms with Crippen LogP contribution in [0.1, 0.15) is 15.9 Å². The van der Waals surface area contributed by atoms with Gasteiger partial charge in [-0.3, -0.25) is 0 Å². The number of nitrogens with one attached hydrogen (secondary N) is 1. The van der Waals surface area contributed by atoms with Gasteiger partial charge in [0.25, 0.3) is 0 Å². The van der Waals surface area contributed by atoms with Crippen molar-refractivity contribution in [2.45, 2.75) is 6.92 Å². The SMILES string of the molecule is Cc1cccc(C(=O)ONC(=O)N2CCN(S(C)(=O)=O)C2=O)c1. The van der Waals surface area contributed by atoms with E-state index in [1.165, 1.54) is 6.07 Å². The summed E-state index contributed by atoms with van der Waals surface area (Å²) in [6.45, 7) is 1.52. The van der Waals surface area contributed by atoms with Gasteiger partial charge in [0.1, 0.15) is 0 Å². The van der Waals surface area contributed by atoms with Crippen molar-refractivity contribution >= 4 is 28.1 Å². The molecule has 10 heteroatoms. The standard InChI is InChI=1S/C13H15N3O6S/c1-9-4-3-5-10(8-9)11(17)22-14-12(18)15-6-7-16(13(15)19)23(2,20)21/h3-5,8H,6-7H2,1-2H3,(H,14,18). The molecule has 1 fully saturated rings. The van der Waals surface area contributed by atoms with Gasteiger partial charge in [-0.25, -0.2) is 32.0 Å². The van der Waals surface area contributed by atoms with Gasteiger partial charge in [0.05, 0.1) is 24.9 Å². The Morgan fingerprint density at radius 2 is 1.96 bits per heavy atom. The fraction of sp³-hybridized carbons (Fsp3) is 0.308. The van der Waals surface area contributed by atoms with Crippen molar-refractivity contribution in [2.24, 2.45) is 0 Å². The minimum Gasteiger partial charge on any atom is -0.334 e. The molecule has 9 nitrogen and oxygen atoms in total. The van der Waals surface area contributed by atoms with Crippen LogP contribution in [0.15, 0.2) is 24.3 Å². The Balaban J connectivity index is 1.96. The third-order valence-electron chi connectivity index (χ3n) is 3.10. The fourth-order valence-corrected chi connectivity index (χ4v) is 2.78. The zero-order chi connectivity index (χ0) is 17.2. The molecule has 0 aliphatic carbocycles. The minimum atomic E-state index is -3.74. The number of hydroxylamine groups is 1. The van der Waals surface area contributed by atoms with Crippen molar-refractivity contribution in [2.75, 3.05) is 19.3 Å². The highest BCUT2D eigenvalue weighted by molar-refractivity contribution is 7.88. The molecule has 0 aromatic heterocycles. The molecule has 0 unspecified atom stereocenters. The summed E-state index contributed by atoms with van der Waals surface area (Å²) in [6, 6.07) is 4.52. The first-order valence-corrected chi connectivity index (χ1v) is 8.42. The van der Waals surface area contributed by atoms with Crippen molar-refractivity contribution in [3.8, 4) is 0 Å². The Kier molecular flexibility index (Phi) is 4.55. The highest BCUT2D eigenvalue weighted by atomic mass is 32.2. The molecule has 0 radical (unpaired) electrons. The second-order valence-corrected chi connectivity index (χ2v) is 6.84. The highest BCUT2D eigenvalue weighted by Gasteiger charge is 2.38. The molecule has 1 heterocycles. The Morgan fingerprint density at radius 3 is 2.52 bits per heavy atom. The summed E-state index contributed by atoms with van der Waals surface area (Å²) < 4.78 is 23.3. The van der Waals surface area contributed by atoms with Gasteiger partial charge in [-0.05, 0) is 19.1 Å². The van der Waals surface area contributed by atoms with Crippen LogP contribution in [0.3, 0.4) is 0 Å². The van der Waals surface area contributed by atoms with E-state index in [0.717, 1.165) is 11.8 Å². The fourth-order valence-electron chi connectivity index (χ4n) is 1.99. The average Bonchev–Trinajstić information content (AvgIpc) is 2.86. The first-order chi connectivity index (χ1) is 10.7. The topological polar surface area (TPSA) is 113 Å². The Morgan fingerprint density at radius 1 is 1.26 bits per heavy atom. The van der Waals surface area contributed by atoms with E-state index in [2.05, 4.69) is 4.84 Å². The monoisotopic (exact) mass is 341 g/mol. The third kappa shape index (κ3) is 3.77. The van der Waals surface area contributed by atoms with Crippen LogP contribution in [0, 0.1) is 6.92 Å². The lowest BCUT2D eigenvalue weighted by Crippen LogP contribution is -2.44. The van der Waals surface area contributed by atoms with Crippen LogP contribution in [0.4, 0.5) is 9.59 Å². The van der Waals surface area contributed by atoms with E-state index in [9.17, 15) is 22.8 Å². The second kappa shape index (κ2) is 6.24. The lowest BCUT2D eigenvalue weighted by atomic mass is 10.1. The molecule has 0 saturated carbocycles. The molecule has 23 heavy (non-hydrogen) atoms. The quantitative estimate of drug-likeness (QED) is 0.783. The molecule has 1 aromatic carbocycles. The molecule has 2 rings (SSSR count). The maximum absolute atomic E-state index is 11.8. The molecular formula is C13H15N3O6S. The van der Waals surface area contributed by atoms with E-state index in [4.69, 9.17) is 0 Å². The summed E-state index contributed by atoms with van der Waals surface area (Å²) >= 11 is 0. The summed E-state index contributed by atoms with van der Waals surface area (Å²) in [5.41, 5.74) is 2.91. The van der Waals surface area contributed by atoms with Gasteiger partial charge in [-0.1, -0.05) is 17.7 Å². The number of urea groups is 2. The summed E-state index contributed by atoms with van der Waals surface area (Å²) in [5, 5.41) is 0. The van der Waals surface area contributed by atoms with E-state index in [1.54, 1.807) is 25.1 Å². The van der Waals surface area contributed by atoms with Gasteiger partial charge in [0, 0.05) is 0 Å². The molecular weight excluding hydrogens is 326 g/mol. The zero-order valence-electron chi connectivity index (χ0n) is 12.5. The van der Waals surface area contributed by atoms with Gasteiger partial charge >= 0.3 is 18.0 Å². The molecule has 0 atom stereocenters. The summed E-state index contributed by atoms with van der Waals surface area (Å²) in [6.07, 6.45) is 0.865. The number of benzene rings is 1. The molecule has 124 valence electrons. The van der Waals surface area contributed by atoms with Crippen molar-refractivity contribution in [1.82, 2.24) is 14.7 Å². The van der Waals surface area contributed by atoms with Gasteiger partial charge in [-0.2, -0.15) is 5.48 Å². The normalized spacial score (nSPS) is 14.8. The third-order valence-corrected chi connectivity index (χ3v) is 4.24. The Bertz CT molecular complexity index is 761. The van der Waals surface area contributed by atoms with Crippen molar-refractivity contribution in [3.63, 3.8) is 0 Å². The maximum Gasteiger partial charge on any atom is 0.363 e. The lowest BCUT2D eigenvalue weighted by Gasteiger charge is -2.15. The number of rotatable bonds is 2. The average molecular weight is 341 g/mol. The number of carbonyl (C=O) groups excluding carboxylic acids is 3. The predicted octanol–water partition coefficient (Wildman–Crippen LogP) is 0.474. The smallest absolute Gasteiger partial charge is 0.334 e. The zero-order valence-corrected chi connectivity index (χ0v) is 13.3. The lowest BCUT2D eigenvalue weighted by molar-refractivity contribution is 0.0300. The molecule has 1 aliphatic heterocycles. The number of sulfonamides is 1. The van der Waals surface area contributed by atoms with Crippen LogP contribution in [0.5, 0.6) is 0 Å². The number of aryl methyl sites for hydroxylation is 1. The number of imide groups is 1. The van der Waals surface area contributed by atoms with E-state index in [1.807, 2.05) is 5.48 Å². The van der Waals surface area contributed by atoms with Crippen LogP contribution in [0.2, 0.25) is 0 Å². The van der Waals surface area contributed by atoms with Gasteiger partial charge in [-0.15, -0.1) is 0 Å². The van der Waals surface area contributed by atoms with Crippen LogP contribution in [-0.4, -0.2) is 55.0 Å². The van der Waals surface area contributed by atoms with Gasteiger partial charge in [0.2, 0.25) is 10.0 Å². The maximum atomic E-state index is 11.8. The van der Waals surface area contributed by atoms with Crippen LogP contribution in [0.25, 0.3) is 0 Å². The Labute approximate surface area is 132 Å². The molecule has 1 aliphatic rings. The number of carbonyl (C=O) groups is 3. The molecule has 1 N–H and O–H groups in total.